The van der Waals surface area contributed by atoms with Crippen molar-refractivity contribution in [2.24, 2.45) is 28.8 Å². The van der Waals surface area contributed by atoms with Gasteiger partial charge in [0, 0.05) is 23.8 Å². The molecule has 1 unspecified atom stereocenters. The largest absolute Gasteiger partial charge is 0.459 e. The van der Waals surface area contributed by atoms with Crippen LogP contribution in [-0.2, 0) is 23.8 Å². The number of rotatable bonds is 5. The van der Waals surface area contributed by atoms with Crippen LogP contribution in [0.2, 0.25) is 0 Å². The number of likely N-dealkylation sites (N-methyl/N-ethyl adjacent to an activating group) is 1. The van der Waals surface area contributed by atoms with E-state index in [1.807, 2.05) is 32.8 Å². The van der Waals surface area contributed by atoms with Crippen molar-refractivity contribution in [2.45, 2.75) is 135 Å². The van der Waals surface area contributed by atoms with Gasteiger partial charge in [-0.05, 0) is 61.1 Å². The maximum atomic E-state index is 13.3. The lowest BCUT2D eigenvalue weighted by Crippen LogP contribution is -2.60. The Hall–Kier alpha value is -1.38. The van der Waals surface area contributed by atoms with Crippen LogP contribution < -0.4 is 0 Å². The number of carbonyl (C=O) groups is 1. The predicted molar refractivity (Wildman–Crippen MR) is 156 cm³/mol. The average Bonchev–Trinajstić information content (AvgIpc) is 2.91. The molecule has 0 aliphatic carbocycles. The van der Waals surface area contributed by atoms with Crippen LogP contribution in [0.5, 0.6) is 0 Å². The summed E-state index contributed by atoms with van der Waals surface area (Å²) in [5.41, 5.74) is -3.14. The van der Waals surface area contributed by atoms with Crippen LogP contribution in [0.4, 0.5) is 0 Å². The Morgan fingerprint density at radius 2 is 1.62 bits per heavy atom. The average molecular weight is 605 g/mol. The van der Waals surface area contributed by atoms with Gasteiger partial charge in [-0.25, -0.2) is 0 Å². The zero-order chi connectivity index (χ0) is 32.3. The van der Waals surface area contributed by atoms with E-state index in [9.17, 15) is 30.3 Å². The Morgan fingerprint density at radius 1 is 1.02 bits per heavy atom. The highest BCUT2D eigenvalue weighted by molar-refractivity contribution is 5.88. The van der Waals surface area contributed by atoms with E-state index in [-0.39, 0.29) is 25.0 Å². The van der Waals surface area contributed by atoms with Crippen molar-refractivity contribution in [3.8, 4) is 0 Å². The van der Waals surface area contributed by atoms with Crippen LogP contribution >= 0.6 is 0 Å². The second-order valence-corrected chi connectivity index (χ2v) is 13.2. The number of aliphatic hydroxyl groups excluding tert-OH is 3. The second kappa shape index (κ2) is 14.6. The highest BCUT2D eigenvalue weighted by Crippen LogP contribution is 2.38. The monoisotopic (exact) mass is 604 g/mol. The Labute approximate surface area is 251 Å². The molecule has 0 bridgehead atoms. The van der Waals surface area contributed by atoms with Gasteiger partial charge < -0.3 is 49.5 Å². The summed E-state index contributed by atoms with van der Waals surface area (Å²) >= 11 is 0. The van der Waals surface area contributed by atoms with Crippen molar-refractivity contribution in [2.75, 3.05) is 21.2 Å². The molecule has 0 aromatic carbocycles. The zero-order valence-corrected chi connectivity index (χ0v) is 27.2. The number of oxime groups is 1. The van der Waals surface area contributed by atoms with Gasteiger partial charge in [0.15, 0.2) is 6.29 Å². The first-order valence-corrected chi connectivity index (χ1v) is 15.1. The molecule has 14 atom stereocenters. The molecule has 2 saturated heterocycles. The van der Waals surface area contributed by atoms with E-state index in [0.717, 1.165) is 0 Å². The van der Waals surface area contributed by atoms with Gasteiger partial charge in [-0.1, -0.05) is 32.9 Å². The molecule has 12 nitrogen and oxygen atoms in total. The molecule has 2 rings (SSSR count). The third-order valence-corrected chi connectivity index (χ3v) is 9.31. The minimum absolute atomic E-state index is 0.0433. The van der Waals surface area contributed by atoms with Crippen LogP contribution in [-0.4, -0.2) is 123 Å². The van der Waals surface area contributed by atoms with E-state index < -0.39 is 77.7 Å². The van der Waals surface area contributed by atoms with Gasteiger partial charge in [0.05, 0.1) is 41.6 Å². The number of cyclic esters (lactones) is 1. The number of ether oxygens (including phenoxy) is 3. The molecule has 2 heterocycles. The Kier molecular flexibility index (Phi) is 12.8. The van der Waals surface area contributed by atoms with Gasteiger partial charge in [0.1, 0.15) is 24.9 Å². The van der Waals surface area contributed by atoms with E-state index >= 15 is 0 Å². The number of aliphatic hydroxyl groups is 5. The molecule has 12 heteroatoms. The van der Waals surface area contributed by atoms with Gasteiger partial charge in [-0.15, -0.1) is 0 Å². The van der Waals surface area contributed by atoms with Gasteiger partial charge in [-0.3, -0.25) is 4.79 Å². The third-order valence-electron chi connectivity index (χ3n) is 9.31. The molecule has 2 aliphatic rings. The maximum Gasteiger partial charge on any atom is 0.311 e. The standard InChI is InChI=1S/C30H56N2O10/c1-12-21-30(8,38)25(35)17(4)22(31-39-11)15(2)14-29(7,37)26(18(5)23(33)19(6)27(36)41-21)42-28-24(34)20(32(9)10)13-16(3)40-28/h15-21,23-26,28,33-35,37-38H,12-14H2,1-11H3/t15-,16-,17+,18+,19-,20+,21-,23+,24-,25-,26-,28+,29?,30-/m1/s1. The first-order valence-electron chi connectivity index (χ1n) is 15.1. The second-order valence-electron chi connectivity index (χ2n) is 13.2. The van der Waals surface area contributed by atoms with Crippen molar-refractivity contribution in [3.63, 3.8) is 0 Å². The number of nitrogens with zero attached hydrogens (tertiary/aromatic N) is 2. The van der Waals surface area contributed by atoms with Crippen LogP contribution in [0.15, 0.2) is 5.16 Å². The van der Waals surface area contributed by atoms with Crippen LogP contribution in [0.1, 0.15) is 74.7 Å². The number of hydrogen-bond acceptors (Lipinski definition) is 12. The topological polar surface area (TPSA) is 171 Å². The number of carbonyl (C=O) groups excluding carboxylic acids is 1. The van der Waals surface area contributed by atoms with Crippen molar-refractivity contribution in [3.05, 3.63) is 0 Å². The molecule has 246 valence electrons. The molecule has 0 radical (unpaired) electrons. The highest BCUT2D eigenvalue weighted by atomic mass is 16.7. The van der Waals surface area contributed by atoms with Crippen molar-refractivity contribution < 1.29 is 49.4 Å². The molecule has 0 aromatic rings. The summed E-state index contributed by atoms with van der Waals surface area (Å²) in [7, 11) is 5.08. The summed E-state index contributed by atoms with van der Waals surface area (Å²) in [4.78, 5) is 20.3. The van der Waals surface area contributed by atoms with Crippen molar-refractivity contribution >= 4 is 11.7 Å². The summed E-state index contributed by atoms with van der Waals surface area (Å²) in [5, 5.41) is 61.6. The minimum Gasteiger partial charge on any atom is -0.459 e. The van der Waals surface area contributed by atoms with Gasteiger partial charge >= 0.3 is 5.97 Å². The first kappa shape index (κ1) is 36.8. The molecule has 0 aromatic heterocycles. The quantitative estimate of drug-likeness (QED) is 0.226. The van der Waals surface area contributed by atoms with Crippen molar-refractivity contribution in [1.82, 2.24) is 4.90 Å². The predicted octanol–water partition coefficient (Wildman–Crippen LogP) is 1.29. The summed E-state index contributed by atoms with van der Waals surface area (Å²) in [5.74, 6) is -3.94. The fourth-order valence-corrected chi connectivity index (χ4v) is 6.70. The van der Waals surface area contributed by atoms with Gasteiger partial charge in [0.2, 0.25) is 0 Å². The Bertz CT molecular complexity index is 913. The first-order chi connectivity index (χ1) is 19.3. The molecule has 0 saturated carbocycles. The lowest BCUT2D eigenvalue weighted by molar-refractivity contribution is -0.298. The Morgan fingerprint density at radius 3 is 2.14 bits per heavy atom. The molecular weight excluding hydrogens is 548 g/mol. The number of hydrogen-bond donors (Lipinski definition) is 5. The summed E-state index contributed by atoms with van der Waals surface area (Å²) in [6.07, 6.45) is -6.54. The van der Waals surface area contributed by atoms with Crippen LogP contribution in [0.3, 0.4) is 0 Å². The molecule has 2 fully saturated rings. The van der Waals surface area contributed by atoms with Crippen LogP contribution in [0.25, 0.3) is 0 Å². The zero-order valence-electron chi connectivity index (χ0n) is 27.2. The SMILES string of the molecule is CC[C@H]1OC(=O)[C@H](C)[C@@H](O)[C@H](C)[C@@H](O[C@@H]2O[C@H](C)C[C@H](N(C)C)[C@H]2O)C(C)(O)C[C@@H](C)C(=NOC)[C@H](C)[C@@H](O)[C@]1(C)O. The summed E-state index contributed by atoms with van der Waals surface area (Å²) < 4.78 is 18.1. The lowest BCUT2D eigenvalue weighted by Gasteiger charge is -2.47. The molecule has 0 amide bonds. The Balaban J connectivity index is 2.63. The van der Waals surface area contributed by atoms with E-state index in [1.54, 1.807) is 27.7 Å². The van der Waals surface area contributed by atoms with Crippen molar-refractivity contribution in [1.29, 1.82) is 0 Å². The van der Waals surface area contributed by atoms with Gasteiger partial charge in [0.25, 0.3) is 0 Å². The minimum atomic E-state index is -1.86. The molecule has 5 N–H and O–H groups in total. The van der Waals surface area contributed by atoms with Crippen LogP contribution in [0, 0.1) is 23.7 Å². The van der Waals surface area contributed by atoms with E-state index in [2.05, 4.69) is 5.16 Å². The van der Waals surface area contributed by atoms with E-state index in [0.29, 0.717) is 12.1 Å². The third kappa shape index (κ3) is 8.01. The van der Waals surface area contributed by atoms with E-state index in [4.69, 9.17) is 19.0 Å². The molecule has 42 heavy (non-hydrogen) atoms. The molecule has 0 spiro atoms. The normalized spacial score (nSPS) is 47.6. The molecule has 2 aliphatic heterocycles. The smallest absolute Gasteiger partial charge is 0.311 e. The summed E-state index contributed by atoms with van der Waals surface area (Å²) in [6.45, 7) is 13.2. The lowest BCUT2D eigenvalue weighted by atomic mass is 9.73. The highest BCUT2D eigenvalue weighted by Gasteiger charge is 2.51. The van der Waals surface area contributed by atoms with E-state index in [1.165, 1.54) is 21.0 Å². The number of esters is 1. The molecular formula is C30H56N2O10. The summed E-state index contributed by atoms with van der Waals surface area (Å²) in [6, 6.07) is -0.267. The fourth-order valence-electron chi connectivity index (χ4n) is 6.70. The van der Waals surface area contributed by atoms with Gasteiger partial charge in [-0.2, -0.15) is 0 Å². The maximum absolute atomic E-state index is 13.3. The fraction of sp³-hybridized carbons (Fsp3) is 0.933.